The minimum atomic E-state index is 0.154. The molecule has 5 nitrogen and oxygen atoms in total. The minimum Gasteiger partial charge on any atom is -0.444 e. The molecule has 1 heterocycles. The van der Waals surface area contributed by atoms with Gasteiger partial charge in [-0.05, 0) is 44.0 Å². The Balaban J connectivity index is 1.69. The van der Waals surface area contributed by atoms with Crippen LogP contribution in [0, 0.1) is 6.92 Å². The van der Waals surface area contributed by atoms with Crippen LogP contribution in [0.2, 0.25) is 0 Å². The van der Waals surface area contributed by atoms with Gasteiger partial charge in [0.1, 0.15) is 12.0 Å². The molecule has 1 unspecified atom stereocenters. The Bertz CT molecular complexity index is 886. The van der Waals surface area contributed by atoms with E-state index in [-0.39, 0.29) is 6.04 Å². The fourth-order valence-corrected chi connectivity index (χ4v) is 2.93. The molecule has 1 atom stereocenters. The van der Waals surface area contributed by atoms with Crippen molar-refractivity contribution >= 4 is 5.96 Å². The Hall–Kier alpha value is -3.08. The van der Waals surface area contributed by atoms with Crippen molar-refractivity contribution in [2.45, 2.75) is 33.4 Å². The summed E-state index contributed by atoms with van der Waals surface area (Å²) < 4.78 is 5.59. The van der Waals surface area contributed by atoms with Crippen molar-refractivity contribution in [2.24, 2.45) is 4.99 Å². The molecular weight excluding hydrogens is 336 g/mol. The second-order valence-electron chi connectivity index (χ2n) is 6.43. The van der Waals surface area contributed by atoms with E-state index in [2.05, 4.69) is 65.6 Å². The van der Waals surface area contributed by atoms with Crippen LogP contribution in [0.3, 0.4) is 0 Å². The van der Waals surface area contributed by atoms with Gasteiger partial charge in [-0.3, -0.25) is 0 Å². The highest BCUT2D eigenvalue weighted by Gasteiger charge is 2.10. The Labute approximate surface area is 160 Å². The molecule has 0 bridgehead atoms. The summed E-state index contributed by atoms with van der Waals surface area (Å²) >= 11 is 0. The van der Waals surface area contributed by atoms with Crippen LogP contribution in [0.15, 0.2) is 70.3 Å². The largest absolute Gasteiger partial charge is 0.444 e. The first-order valence-electron chi connectivity index (χ1n) is 9.27. The lowest BCUT2D eigenvalue weighted by atomic mass is 10.0. The van der Waals surface area contributed by atoms with E-state index in [0.717, 1.165) is 23.8 Å². The number of aliphatic imine (C=N–C) groups is 1. The van der Waals surface area contributed by atoms with Crippen LogP contribution >= 0.6 is 0 Å². The average Bonchev–Trinajstić information content (AvgIpc) is 3.16. The number of rotatable bonds is 6. The van der Waals surface area contributed by atoms with E-state index in [1.807, 2.05) is 30.3 Å². The molecule has 1 aromatic heterocycles. The summed E-state index contributed by atoms with van der Waals surface area (Å²) in [5.74, 6) is 1.38. The van der Waals surface area contributed by atoms with E-state index >= 15 is 0 Å². The van der Waals surface area contributed by atoms with E-state index in [9.17, 15) is 0 Å². The molecule has 5 heteroatoms. The van der Waals surface area contributed by atoms with Gasteiger partial charge < -0.3 is 15.1 Å². The number of nitrogens with zero attached hydrogens (tertiary/aromatic N) is 2. The summed E-state index contributed by atoms with van der Waals surface area (Å²) in [6.45, 7) is 7.56. The molecule has 0 amide bonds. The zero-order valence-corrected chi connectivity index (χ0v) is 16.1. The zero-order valence-electron chi connectivity index (χ0n) is 16.1. The molecule has 3 rings (SSSR count). The van der Waals surface area contributed by atoms with E-state index in [1.165, 1.54) is 11.1 Å². The van der Waals surface area contributed by atoms with Crippen LogP contribution in [0.5, 0.6) is 0 Å². The number of hydrogen-bond donors (Lipinski definition) is 2. The number of oxazole rings is 1. The first-order valence-corrected chi connectivity index (χ1v) is 9.27. The summed E-state index contributed by atoms with van der Waals surface area (Å²) in [4.78, 5) is 9.19. The molecule has 0 fully saturated rings. The first-order chi connectivity index (χ1) is 13.2. The van der Waals surface area contributed by atoms with Crippen LogP contribution in [-0.4, -0.2) is 17.5 Å². The van der Waals surface area contributed by atoms with Crippen molar-refractivity contribution in [3.63, 3.8) is 0 Å². The lowest BCUT2D eigenvalue weighted by Crippen LogP contribution is -2.38. The predicted octanol–water partition coefficient (Wildman–Crippen LogP) is 4.47. The molecule has 0 aliphatic carbocycles. The van der Waals surface area contributed by atoms with Gasteiger partial charge in [0.05, 0.1) is 12.6 Å². The maximum atomic E-state index is 5.59. The lowest BCUT2D eigenvalue weighted by molar-refractivity contribution is 0.572. The third kappa shape index (κ3) is 4.97. The number of nitrogens with one attached hydrogen (secondary N) is 2. The second kappa shape index (κ2) is 9.03. The Kier molecular flexibility index (Phi) is 6.26. The Morgan fingerprint density at radius 1 is 1.11 bits per heavy atom. The second-order valence-corrected chi connectivity index (χ2v) is 6.43. The van der Waals surface area contributed by atoms with Gasteiger partial charge in [0, 0.05) is 12.1 Å². The fraction of sp³-hybridized carbons (Fsp3) is 0.273. The quantitative estimate of drug-likeness (QED) is 0.502. The number of benzene rings is 2. The van der Waals surface area contributed by atoms with Crippen LogP contribution < -0.4 is 10.6 Å². The standard InChI is InChI=1S/C22H26N4O/c1-4-23-22(25-17(3)20-13-9-8-10-16(20)2)24-14-19-15-27-21(26-19)18-11-6-5-7-12-18/h5-13,15,17H,4,14H2,1-3H3,(H2,23,24,25). The maximum absolute atomic E-state index is 5.59. The summed E-state index contributed by atoms with van der Waals surface area (Å²) in [5, 5.41) is 6.76. The van der Waals surface area contributed by atoms with E-state index in [1.54, 1.807) is 6.26 Å². The third-order valence-corrected chi connectivity index (χ3v) is 4.32. The normalized spacial score (nSPS) is 12.6. The third-order valence-electron chi connectivity index (χ3n) is 4.32. The van der Waals surface area contributed by atoms with Crippen molar-refractivity contribution < 1.29 is 4.42 Å². The van der Waals surface area contributed by atoms with Crippen molar-refractivity contribution in [3.8, 4) is 11.5 Å². The summed E-state index contributed by atoms with van der Waals surface area (Å²) in [6.07, 6.45) is 1.67. The van der Waals surface area contributed by atoms with Gasteiger partial charge in [0.25, 0.3) is 0 Å². The average molecular weight is 362 g/mol. The molecule has 0 saturated heterocycles. The van der Waals surface area contributed by atoms with Crippen LogP contribution in [-0.2, 0) is 6.54 Å². The zero-order chi connectivity index (χ0) is 19.1. The molecule has 3 aromatic rings. The van der Waals surface area contributed by atoms with E-state index in [0.29, 0.717) is 12.4 Å². The van der Waals surface area contributed by atoms with Gasteiger partial charge in [-0.1, -0.05) is 42.5 Å². The summed E-state index contributed by atoms with van der Waals surface area (Å²) in [5.41, 5.74) is 4.29. The fourth-order valence-electron chi connectivity index (χ4n) is 2.93. The van der Waals surface area contributed by atoms with Crippen LogP contribution in [0.1, 0.15) is 36.7 Å². The van der Waals surface area contributed by atoms with Gasteiger partial charge >= 0.3 is 0 Å². The molecule has 0 radical (unpaired) electrons. The minimum absolute atomic E-state index is 0.154. The van der Waals surface area contributed by atoms with E-state index in [4.69, 9.17) is 4.42 Å². The summed E-state index contributed by atoms with van der Waals surface area (Å²) in [6, 6.07) is 18.4. The first kappa shape index (κ1) is 18.7. The number of aryl methyl sites for hydroxylation is 1. The van der Waals surface area contributed by atoms with Gasteiger partial charge in [-0.15, -0.1) is 0 Å². The van der Waals surface area contributed by atoms with Crippen molar-refractivity contribution in [1.29, 1.82) is 0 Å². The molecule has 2 aromatic carbocycles. The monoisotopic (exact) mass is 362 g/mol. The van der Waals surface area contributed by atoms with Crippen molar-refractivity contribution in [3.05, 3.63) is 77.7 Å². The molecule has 0 aliphatic heterocycles. The summed E-state index contributed by atoms with van der Waals surface area (Å²) in [7, 11) is 0. The molecule has 2 N–H and O–H groups in total. The molecule has 0 saturated carbocycles. The van der Waals surface area contributed by atoms with Gasteiger partial charge in [0.15, 0.2) is 5.96 Å². The number of guanidine groups is 1. The van der Waals surface area contributed by atoms with Gasteiger partial charge in [-0.2, -0.15) is 0 Å². The topological polar surface area (TPSA) is 62.5 Å². The van der Waals surface area contributed by atoms with Crippen molar-refractivity contribution in [2.75, 3.05) is 6.54 Å². The molecule has 0 spiro atoms. The van der Waals surface area contributed by atoms with Gasteiger partial charge in [0.2, 0.25) is 5.89 Å². The number of hydrogen-bond acceptors (Lipinski definition) is 3. The molecule has 140 valence electrons. The maximum Gasteiger partial charge on any atom is 0.226 e. The SMILES string of the molecule is CCNC(=NCc1coc(-c2ccccc2)n1)NC(C)c1ccccc1C. The highest BCUT2D eigenvalue weighted by Crippen LogP contribution is 2.19. The Morgan fingerprint density at radius 2 is 1.85 bits per heavy atom. The van der Waals surface area contributed by atoms with E-state index < -0.39 is 0 Å². The highest BCUT2D eigenvalue weighted by molar-refractivity contribution is 5.80. The molecule has 0 aliphatic rings. The van der Waals surface area contributed by atoms with Crippen LogP contribution in [0.4, 0.5) is 0 Å². The lowest BCUT2D eigenvalue weighted by Gasteiger charge is -2.19. The van der Waals surface area contributed by atoms with Crippen molar-refractivity contribution in [1.82, 2.24) is 15.6 Å². The molecule has 27 heavy (non-hydrogen) atoms. The highest BCUT2D eigenvalue weighted by atomic mass is 16.3. The number of aromatic nitrogens is 1. The smallest absolute Gasteiger partial charge is 0.226 e. The predicted molar refractivity (Wildman–Crippen MR) is 109 cm³/mol. The molecular formula is C22H26N4O. The van der Waals surface area contributed by atoms with Crippen LogP contribution in [0.25, 0.3) is 11.5 Å². The Morgan fingerprint density at radius 3 is 2.59 bits per heavy atom. The van der Waals surface area contributed by atoms with Gasteiger partial charge in [-0.25, -0.2) is 9.98 Å².